The molecular formula is C19H23N3O4. The van der Waals surface area contributed by atoms with Gasteiger partial charge in [0.1, 0.15) is 24.5 Å². The number of nitrogens with zero attached hydrogens (tertiary/aromatic N) is 3. The lowest BCUT2D eigenvalue weighted by Gasteiger charge is -2.28. The molecule has 1 aliphatic heterocycles. The number of amides is 1. The van der Waals surface area contributed by atoms with E-state index in [-0.39, 0.29) is 12.5 Å². The minimum atomic E-state index is -0.544. The number of hydrogen-bond acceptors (Lipinski definition) is 5. The second-order valence-electron chi connectivity index (χ2n) is 6.54. The Balaban J connectivity index is 1.63. The van der Waals surface area contributed by atoms with E-state index < -0.39 is 11.3 Å². The van der Waals surface area contributed by atoms with Crippen molar-refractivity contribution >= 4 is 5.91 Å². The van der Waals surface area contributed by atoms with E-state index in [1.54, 1.807) is 24.3 Å². The summed E-state index contributed by atoms with van der Waals surface area (Å²) in [7, 11) is 1.64. The molecule has 26 heavy (non-hydrogen) atoms. The van der Waals surface area contributed by atoms with Gasteiger partial charge in [-0.05, 0) is 31.0 Å². The summed E-state index contributed by atoms with van der Waals surface area (Å²) in [5, 5.41) is 0. The molecule has 2 heterocycles. The van der Waals surface area contributed by atoms with Gasteiger partial charge in [0, 0.05) is 26.0 Å². The quantitative estimate of drug-likeness (QED) is 0.778. The Morgan fingerprint density at radius 3 is 2.85 bits per heavy atom. The number of para-hydroxylation sites is 1. The predicted octanol–water partition coefficient (Wildman–Crippen LogP) is 1.25. The molecule has 0 aliphatic carbocycles. The van der Waals surface area contributed by atoms with Crippen LogP contribution < -0.4 is 10.4 Å². The second-order valence-corrected chi connectivity index (χ2v) is 6.54. The number of carbonyl (C=O) groups excluding carboxylic acids is 1. The van der Waals surface area contributed by atoms with Crippen molar-refractivity contribution in [3.8, 4) is 5.75 Å². The minimum absolute atomic E-state index is 0.0227. The SMILES string of the molecule is CO[C@@]1(COc2ccccc2C)CCN(C(=O)Cn2cccnc2=O)C1. The molecule has 1 saturated heterocycles. The Kier molecular flexibility index (Phi) is 5.37. The van der Waals surface area contributed by atoms with E-state index in [2.05, 4.69) is 4.98 Å². The predicted molar refractivity (Wildman–Crippen MR) is 96.1 cm³/mol. The van der Waals surface area contributed by atoms with Gasteiger partial charge >= 0.3 is 5.69 Å². The molecule has 1 aromatic heterocycles. The topological polar surface area (TPSA) is 73.7 Å². The minimum Gasteiger partial charge on any atom is -0.490 e. The number of likely N-dealkylation sites (tertiary alicyclic amines) is 1. The van der Waals surface area contributed by atoms with Crippen LogP contribution in [0, 0.1) is 6.92 Å². The smallest absolute Gasteiger partial charge is 0.347 e. The van der Waals surface area contributed by atoms with Crippen LogP contribution in [0.1, 0.15) is 12.0 Å². The summed E-state index contributed by atoms with van der Waals surface area (Å²) in [5.41, 5.74) is 0.0826. The van der Waals surface area contributed by atoms with Crippen molar-refractivity contribution in [1.82, 2.24) is 14.5 Å². The van der Waals surface area contributed by atoms with Gasteiger partial charge in [-0.2, -0.15) is 0 Å². The molecule has 1 aromatic carbocycles. The summed E-state index contributed by atoms with van der Waals surface area (Å²) in [5.74, 6) is 0.686. The first-order valence-electron chi connectivity index (χ1n) is 8.56. The van der Waals surface area contributed by atoms with Crippen molar-refractivity contribution in [3.63, 3.8) is 0 Å². The Bertz CT molecular complexity index is 835. The molecule has 3 rings (SSSR count). The number of aryl methyl sites for hydroxylation is 1. The molecule has 0 spiro atoms. The van der Waals surface area contributed by atoms with Crippen LogP contribution in [0.3, 0.4) is 0 Å². The number of carbonyl (C=O) groups is 1. The molecule has 2 aromatic rings. The van der Waals surface area contributed by atoms with Crippen LogP contribution in [0.5, 0.6) is 5.75 Å². The summed E-state index contributed by atoms with van der Waals surface area (Å²) in [6.45, 7) is 3.34. The van der Waals surface area contributed by atoms with Crippen LogP contribution in [0.2, 0.25) is 0 Å². The van der Waals surface area contributed by atoms with Crippen LogP contribution in [0.15, 0.2) is 47.5 Å². The Morgan fingerprint density at radius 2 is 2.12 bits per heavy atom. The van der Waals surface area contributed by atoms with Gasteiger partial charge in [-0.25, -0.2) is 9.78 Å². The zero-order valence-corrected chi connectivity index (χ0v) is 15.1. The molecule has 1 fully saturated rings. The van der Waals surface area contributed by atoms with Gasteiger partial charge in [-0.1, -0.05) is 18.2 Å². The van der Waals surface area contributed by atoms with Gasteiger partial charge in [0.2, 0.25) is 5.91 Å². The van der Waals surface area contributed by atoms with Crippen molar-refractivity contribution in [2.45, 2.75) is 25.5 Å². The second kappa shape index (κ2) is 7.70. The van der Waals surface area contributed by atoms with Crippen molar-refractivity contribution in [3.05, 3.63) is 58.8 Å². The lowest BCUT2D eigenvalue weighted by molar-refractivity contribution is -0.132. The molecule has 1 amide bonds. The first-order valence-corrected chi connectivity index (χ1v) is 8.56. The molecule has 0 saturated carbocycles. The first kappa shape index (κ1) is 18.1. The molecule has 0 N–H and O–H groups in total. The van der Waals surface area contributed by atoms with Gasteiger partial charge < -0.3 is 14.4 Å². The summed E-state index contributed by atoms with van der Waals surface area (Å²) >= 11 is 0. The largest absolute Gasteiger partial charge is 0.490 e. The zero-order chi connectivity index (χ0) is 18.6. The fourth-order valence-corrected chi connectivity index (χ4v) is 3.08. The lowest BCUT2D eigenvalue weighted by atomic mass is 10.0. The van der Waals surface area contributed by atoms with Crippen molar-refractivity contribution in [2.24, 2.45) is 0 Å². The highest BCUT2D eigenvalue weighted by molar-refractivity contribution is 5.76. The van der Waals surface area contributed by atoms with E-state index in [9.17, 15) is 9.59 Å². The van der Waals surface area contributed by atoms with E-state index in [1.807, 2.05) is 31.2 Å². The summed E-state index contributed by atoms with van der Waals surface area (Å²) < 4.78 is 13.0. The molecule has 0 unspecified atom stereocenters. The summed E-state index contributed by atoms with van der Waals surface area (Å²) in [6, 6.07) is 9.44. The van der Waals surface area contributed by atoms with Gasteiger partial charge in [0.15, 0.2) is 0 Å². The fourth-order valence-electron chi connectivity index (χ4n) is 3.08. The molecule has 0 radical (unpaired) electrons. The normalized spacial score (nSPS) is 19.5. The standard InChI is InChI=1S/C19H23N3O4/c1-15-6-3-4-7-16(15)26-14-19(25-2)8-11-22(13-19)17(23)12-21-10-5-9-20-18(21)24/h3-7,9-10H,8,11-14H2,1-2H3/t19-/m0/s1. The molecule has 7 heteroatoms. The third-order valence-electron chi connectivity index (χ3n) is 4.77. The van der Waals surface area contributed by atoms with Crippen LogP contribution in [0.4, 0.5) is 0 Å². The van der Waals surface area contributed by atoms with E-state index in [1.165, 1.54) is 10.8 Å². The first-order chi connectivity index (χ1) is 12.5. The molecule has 0 bridgehead atoms. The molecule has 138 valence electrons. The summed E-state index contributed by atoms with van der Waals surface area (Å²) in [6.07, 6.45) is 3.66. The average Bonchev–Trinajstić information content (AvgIpc) is 3.08. The number of aromatic nitrogens is 2. The third-order valence-corrected chi connectivity index (χ3v) is 4.77. The maximum atomic E-state index is 12.5. The van der Waals surface area contributed by atoms with Gasteiger partial charge in [-0.3, -0.25) is 9.36 Å². The zero-order valence-electron chi connectivity index (χ0n) is 15.1. The Morgan fingerprint density at radius 1 is 1.31 bits per heavy atom. The third kappa shape index (κ3) is 3.94. The molecule has 1 atom stereocenters. The van der Waals surface area contributed by atoms with Crippen molar-refractivity contribution in [1.29, 1.82) is 0 Å². The van der Waals surface area contributed by atoms with Crippen LogP contribution in [-0.2, 0) is 16.1 Å². The van der Waals surface area contributed by atoms with Crippen molar-refractivity contribution < 1.29 is 14.3 Å². The Labute approximate surface area is 152 Å². The highest BCUT2D eigenvalue weighted by atomic mass is 16.5. The lowest BCUT2D eigenvalue weighted by Crippen LogP contribution is -2.43. The van der Waals surface area contributed by atoms with Crippen LogP contribution >= 0.6 is 0 Å². The Hall–Kier alpha value is -2.67. The fraction of sp³-hybridized carbons (Fsp3) is 0.421. The molecule has 1 aliphatic rings. The molecule has 7 nitrogen and oxygen atoms in total. The average molecular weight is 357 g/mol. The van der Waals surface area contributed by atoms with Crippen LogP contribution in [-0.4, -0.2) is 52.8 Å². The van der Waals surface area contributed by atoms with E-state index in [4.69, 9.17) is 9.47 Å². The number of hydrogen-bond donors (Lipinski definition) is 0. The monoisotopic (exact) mass is 357 g/mol. The van der Waals surface area contributed by atoms with E-state index in [0.29, 0.717) is 26.1 Å². The van der Waals surface area contributed by atoms with Crippen LogP contribution in [0.25, 0.3) is 0 Å². The number of ether oxygens (including phenoxy) is 2. The maximum absolute atomic E-state index is 12.5. The summed E-state index contributed by atoms with van der Waals surface area (Å²) in [4.78, 5) is 29.6. The van der Waals surface area contributed by atoms with Gasteiger partial charge in [0.25, 0.3) is 0 Å². The van der Waals surface area contributed by atoms with Gasteiger partial charge in [-0.15, -0.1) is 0 Å². The van der Waals surface area contributed by atoms with Crippen molar-refractivity contribution in [2.75, 3.05) is 26.8 Å². The highest BCUT2D eigenvalue weighted by Crippen LogP contribution is 2.27. The molecular weight excluding hydrogens is 334 g/mol. The van der Waals surface area contributed by atoms with Gasteiger partial charge in [0.05, 0.1) is 6.54 Å². The number of rotatable bonds is 6. The maximum Gasteiger partial charge on any atom is 0.347 e. The van der Waals surface area contributed by atoms with E-state index >= 15 is 0 Å². The number of methoxy groups -OCH3 is 1. The van der Waals surface area contributed by atoms with E-state index in [0.717, 1.165) is 11.3 Å². The highest BCUT2D eigenvalue weighted by Gasteiger charge is 2.41. The number of benzene rings is 1.